The molecule has 1 heterocycles. The van der Waals surface area contributed by atoms with Crippen LogP contribution in [0.15, 0.2) is 59.4 Å². The molecule has 0 aliphatic heterocycles. The van der Waals surface area contributed by atoms with E-state index in [0.29, 0.717) is 27.2 Å². The van der Waals surface area contributed by atoms with Gasteiger partial charge in [0.1, 0.15) is 5.75 Å². The quantitative estimate of drug-likeness (QED) is 0.703. The van der Waals surface area contributed by atoms with Crippen molar-refractivity contribution in [1.29, 1.82) is 0 Å². The lowest BCUT2D eigenvalue weighted by molar-refractivity contribution is -0.118. The summed E-state index contributed by atoms with van der Waals surface area (Å²) in [6.45, 7) is -0.189. The Kier molecular flexibility index (Phi) is 5.78. The standard InChI is InChI=1S/C19H15Cl2N3O3/c1-24-19(26)9-7-16(23-24)12-2-5-14(6-3-12)22-18(25)11-27-17-8-4-13(20)10-15(17)21/h2-10H,11H2,1H3,(H,22,25). The van der Waals surface area contributed by atoms with Crippen LogP contribution in [0, 0.1) is 0 Å². The zero-order valence-electron chi connectivity index (χ0n) is 14.3. The summed E-state index contributed by atoms with van der Waals surface area (Å²) in [6.07, 6.45) is 0. The summed E-state index contributed by atoms with van der Waals surface area (Å²) in [4.78, 5) is 23.5. The van der Waals surface area contributed by atoms with Gasteiger partial charge in [0.15, 0.2) is 6.61 Å². The zero-order valence-corrected chi connectivity index (χ0v) is 15.8. The molecule has 1 N–H and O–H groups in total. The third-order valence-electron chi connectivity index (χ3n) is 3.68. The third kappa shape index (κ3) is 4.87. The van der Waals surface area contributed by atoms with Crippen molar-refractivity contribution in [1.82, 2.24) is 9.78 Å². The molecule has 3 rings (SSSR count). The van der Waals surface area contributed by atoms with Gasteiger partial charge in [-0.25, -0.2) is 4.68 Å². The average molecular weight is 404 g/mol. The molecule has 0 spiro atoms. The summed E-state index contributed by atoms with van der Waals surface area (Å²) < 4.78 is 6.67. The summed E-state index contributed by atoms with van der Waals surface area (Å²) in [5.41, 5.74) is 1.92. The second kappa shape index (κ2) is 8.24. The van der Waals surface area contributed by atoms with Gasteiger partial charge >= 0.3 is 0 Å². The molecule has 0 saturated heterocycles. The molecule has 27 heavy (non-hydrogen) atoms. The first kappa shape index (κ1) is 18.9. The van der Waals surface area contributed by atoms with E-state index in [-0.39, 0.29) is 18.1 Å². The number of nitrogens with zero attached hydrogens (tertiary/aromatic N) is 2. The molecule has 0 radical (unpaired) electrons. The number of nitrogens with one attached hydrogen (secondary N) is 1. The topological polar surface area (TPSA) is 73.2 Å². The molecule has 3 aromatic rings. The second-order valence-electron chi connectivity index (χ2n) is 5.67. The molecule has 138 valence electrons. The van der Waals surface area contributed by atoms with Crippen molar-refractivity contribution in [3.05, 3.63) is 75.0 Å². The first-order valence-corrected chi connectivity index (χ1v) is 8.70. The van der Waals surface area contributed by atoms with Gasteiger partial charge in [0.2, 0.25) is 0 Å². The Bertz CT molecular complexity index is 1030. The normalized spacial score (nSPS) is 10.5. The van der Waals surface area contributed by atoms with Crippen molar-refractivity contribution in [3.8, 4) is 17.0 Å². The van der Waals surface area contributed by atoms with E-state index in [9.17, 15) is 9.59 Å². The minimum atomic E-state index is -0.325. The van der Waals surface area contributed by atoms with E-state index in [0.717, 1.165) is 5.56 Å². The predicted molar refractivity (Wildman–Crippen MR) is 106 cm³/mol. The highest BCUT2D eigenvalue weighted by Gasteiger charge is 2.08. The smallest absolute Gasteiger partial charge is 0.266 e. The van der Waals surface area contributed by atoms with E-state index in [1.54, 1.807) is 55.6 Å². The number of amides is 1. The Balaban J connectivity index is 1.61. The highest BCUT2D eigenvalue weighted by atomic mass is 35.5. The van der Waals surface area contributed by atoms with Crippen LogP contribution >= 0.6 is 23.2 Å². The van der Waals surface area contributed by atoms with Crippen molar-refractivity contribution < 1.29 is 9.53 Å². The van der Waals surface area contributed by atoms with E-state index in [1.165, 1.54) is 10.7 Å². The van der Waals surface area contributed by atoms with Gasteiger partial charge < -0.3 is 10.1 Å². The molecule has 1 amide bonds. The van der Waals surface area contributed by atoms with E-state index in [2.05, 4.69) is 10.4 Å². The number of carbonyl (C=O) groups is 1. The largest absolute Gasteiger partial charge is 0.482 e. The van der Waals surface area contributed by atoms with Crippen LogP contribution in [0.2, 0.25) is 10.0 Å². The molecular weight excluding hydrogens is 389 g/mol. The molecule has 0 atom stereocenters. The first-order valence-electron chi connectivity index (χ1n) is 7.95. The highest BCUT2D eigenvalue weighted by Crippen LogP contribution is 2.27. The SMILES string of the molecule is Cn1nc(-c2ccc(NC(=O)COc3ccc(Cl)cc3Cl)cc2)ccc1=O. The first-order chi connectivity index (χ1) is 12.9. The number of anilines is 1. The number of hydrogen-bond acceptors (Lipinski definition) is 4. The van der Waals surface area contributed by atoms with Crippen molar-refractivity contribution in [3.63, 3.8) is 0 Å². The van der Waals surface area contributed by atoms with Crippen molar-refractivity contribution in [2.75, 3.05) is 11.9 Å². The summed E-state index contributed by atoms with van der Waals surface area (Å²) >= 11 is 11.8. The van der Waals surface area contributed by atoms with Gasteiger partial charge in [0.05, 0.1) is 10.7 Å². The predicted octanol–water partition coefficient (Wildman–Crippen LogP) is 3.77. The third-order valence-corrected chi connectivity index (χ3v) is 4.21. The van der Waals surface area contributed by atoms with Crippen LogP contribution in [0.1, 0.15) is 0 Å². The maximum Gasteiger partial charge on any atom is 0.266 e. The lowest BCUT2D eigenvalue weighted by Crippen LogP contribution is -2.20. The lowest BCUT2D eigenvalue weighted by Gasteiger charge is -2.09. The number of aryl methyl sites for hydroxylation is 1. The monoisotopic (exact) mass is 403 g/mol. The van der Waals surface area contributed by atoms with E-state index in [1.807, 2.05) is 0 Å². The second-order valence-corrected chi connectivity index (χ2v) is 6.51. The van der Waals surface area contributed by atoms with Crippen LogP contribution in [0.5, 0.6) is 5.75 Å². The maximum atomic E-state index is 12.0. The van der Waals surface area contributed by atoms with Crippen LogP contribution < -0.4 is 15.6 Å². The van der Waals surface area contributed by atoms with Gasteiger partial charge in [-0.1, -0.05) is 35.3 Å². The van der Waals surface area contributed by atoms with Crippen molar-refractivity contribution in [2.45, 2.75) is 0 Å². The number of ether oxygens (including phenoxy) is 1. The zero-order chi connectivity index (χ0) is 19.4. The summed E-state index contributed by atoms with van der Waals surface area (Å²) in [7, 11) is 1.59. The Labute approximate surface area is 165 Å². The van der Waals surface area contributed by atoms with Gasteiger partial charge in [-0.2, -0.15) is 5.10 Å². The molecule has 0 aliphatic carbocycles. The van der Waals surface area contributed by atoms with Crippen LogP contribution in [0.3, 0.4) is 0 Å². The number of carbonyl (C=O) groups excluding carboxylic acids is 1. The number of hydrogen-bond donors (Lipinski definition) is 1. The fraction of sp³-hybridized carbons (Fsp3) is 0.105. The van der Waals surface area contributed by atoms with Gasteiger partial charge in [-0.3, -0.25) is 9.59 Å². The molecule has 0 unspecified atom stereocenters. The average Bonchev–Trinajstić information content (AvgIpc) is 2.64. The van der Waals surface area contributed by atoms with Crippen molar-refractivity contribution >= 4 is 34.8 Å². The van der Waals surface area contributed by atoms with E-state index >= 15 is 0 Å². The fourth-order valence-electron chi connectivity index (χ4n) is 2.31. The minimum absolute atomic E-state index is 0.177. The van der Waals surface area contributed by atoms with Gasteiger partial charge in [-0.05, 0) is 36.4 Å². The minimum Gasteiger partial charge on any atom is -0.482 e. The van der Waals surface area contributed by atoms with Gasteiger partial charge in [0, 0.05) is 29.4 Å². The highest BCUT2D eigenvalue weighted by molar-refractivity contribution is 6.35. The lowest BCUT2D eigenvalue weighted by atomic mass is 10.1. The van der Waals surface area contributed by atoms with Crippen LogP contribution in [-0.4, -0.2) is 22.3 Å². The molecule has 6 nitrogen and oxygen atoms in total. The molecule has 2 aromatic carbocycles. The Morgan fingerprint density at radius 1 is 1.11 bits per heavy atom. The van der Waals surface area contributed by atoms with Gasteiger partial charge in [0.25, 0.3) is 11.5 Å². The number of benzene rings is 2. The number of aromatic nitrogens is 2. The van der Waals surface area contributed by atoms with E-state index in [4.69, 9.17) is 27.9 Å². The molecule has 8 heteroatoms. The van der Waals surface area contributed by atoms with E-state index < -0.39 is 0 Å². The molecule has 0 saturated carbocycles. The summed E-state index contributed by atoms with van der Waals surface area (Å²) in [6, 6.07) is 15.0. The molecule has 0 aliphatic rings. The number of rotatable bonds is 5. The Morgan fingerprint density at radius 3 is 2.52 bits per heavy atom. The molecule has 0 fully saturated rings. The van der Waals surface area contributed by atoms with Crippen LogP contribution in [0.4, 0.5) is 5.69 Å². The fourth-order valence-corrected chi connectivity index (χ4v) is 2.78. The Morgan fingerprint density at radius 2 is 1.85 bits per heavy atom. The summed E-state index contributed by atoms with van der Waals surface area (Å²) in [5.74, 6) is 0.0568. The summed E-state index contributed by atoms with van der Waals surface area (Å²) in [5, 5.41) is 7.75. The molecule has 0 bridgehead atoms. The van der Waals surface area contributed by atoms with Crippen LogP contribution in [0.25, 0.3) is 11.3 Å². The maximum absolute atomic E-state index is 12.0. The Hall–Kier alpha value is -2.83. The van der Waals surface area contributed by atoms with Gasteiger partial charge in [-0.15, -0.1) is 0 Å². The van der Waals surface area contributed by atoms with Crippen LogP contribution in [-0.2, 0) is 11.8 Å². The van der Waals surface area contributed by atoms with Crippen molar-refractivity contribution in [2.24, 2.45) is 7.05 Å². The number of halogens is 2. The molecular formula is C19H15Cl2N3O3. The molecule has 1 aromatic heterocycles.